The Kier molecular flexibility index (Phi) is 4.31. The monoisotopic (exact) mass is 304 g/mol. The number of carbonyl (C=O) groups excluding carboxylic acids is 2. The molecule has 0 bridgehead atoms. The summed E-state index contributed by atoms with van der Waals surface area (Å²) < 4.78 is 0. The Hall–Kier alpha value is -2.78. The molecular formula is C20H16O3. The van der Waals surface area contributed by atoms with Crippen molar-refractivity contribution in [1.29, 1.82) is 0 Å². The summed E-state index contributed by atoms with van der Waals surface area (Å²) in [5.74, 6) is -0.674. The molecule has 0 aromatic heterocycles. The molecule has 1 unspecified atom stereocenters. The Morgan fingerprint density at radius 1 is 0.783 bits per heavy atom. The van der Waals surface area contributed by atoms with E-state index >= 15 is 0 Å². The van der Waals surface area contributed by atoms with Gasteiger partial charge in [-0.1, -0.05) is 66.7 Å². The fraction of sp³-hybridized carbons (Fsp3) is 0.100. The van der Waals surface area contributed by atoms with Crippen LogP contribution in [0.2, 0.25) is 0 Å². The maximum atomic E-state index is 12.3. The highest BCUT2D eigenvalue weighted by atomic mass is 16.3. The Bertz CT molecular complexity index is 853. The number of hydrogen-bond donors (Lipinski definition) is 1. The average molecular weight is 304 g/mol. The second kappa shape index (κ2) is 6.55. The lowest BCUT2D eigenvalue weighted by Gasteiger charge is -2.09. The number of aliphatic hydroxyl groups excluding tert-OH is 1. The molecule has 0 heterocycles. The van der Waals surface area contributed by atoms with E-state index < -0.39 is 11.9 Å². The van der Waals surface area contributed by atoms with Crippen molar-refractivity contribution < 1.29 is 14.7 Å². The van der Waals surface area contributed by atoms with Crippen LogP contribution >= 0.6 is 0 Å². The lowest BCUT2D eigenvalue weighted by atomic mass is 9.97. The molecule has 3 nitrogen and oxygen atoms in total. The number of fused-ring (bicyclic) bond motifs is 1. The molecule has 23 heavy (non-hydrogen) atoms. The molecule has 0 aliphatic rings. The third-order valence-corrected chi connectivity index (χ3v) is 3.81. The van der Waals surface area contributed by atoms with Crippen molar-refractivity contribution in [2.24, 2.45) is 0 Å². The Morgan fingerprint density at radius 2 is 1.43 bits per heavy atom. The zero-order valence-electron chi connectivity index (χ0n) is 12.5. The highest BCUT2D eigenvalue weighted by Crippen LogP contribution is 2.18. The van der Waals surface area contributed by atoms with E-state index in [0.29, 0.717) is 11.1 Å². The van der Waals surface area contributed by atoms with Gasteiger partial charge in [0, 0.05) is 17.5 Å². The standard InChI is InChI=1S/C20H16O3/c21-18(13-19(22)20(23)15-7-2-1-3-8-15)17-11-10-14-6-4-5-9-16(14)12-17/h1-12,19,22H,13H2. The van der Waals surface area contributed by atoms with E-state index in [1.165, 1.54) is 0 Å². The maximum absolute atomic E-state index is 12.3. The molecule has 0 saturated heterocycles. The molecule has 0 amide bonds. The van der Waals surface area contributed by atoms with Gasteiger partial charge in [0.2, 0.25) is 0 Å². The van der Waals surface area contributed by atoms with Gasteiger partial charge < -0.3 is 5.11 Å². The lowest BCUT2D eigenvalue weighted by molar-refractivity contribution is 0.0681. The molecule has 0 fully saturated rings. The molecule has 3 rings (SSSR count). The van der Waals surface area contributed by atoms with Crippen molar-refractivity contribution in [1.82, 2.24) is 0 Å². The van der Waals surface area contributed by atoms with Crippen LogP contribution in [0.1, 0.15) is 27.1 Å². The number of aliphatic hydroxyl groups is 1. The number of hydrogen-bond acceptors (Lipinski definition) is 3. The minimum absolute atomic E-state index is 0.216. The first-order valence-corrected chi connectivity index (χ1v) is 7.44. The second-order valence-corrected chi connectivity index (χ2v) is 5.44. The van der Waals surface area contributed by atoms with Crippen molar-refractivity contribution in [3.63, 3.8) is 0 Å². The quantitative estimate of drug-likeness (QED) is 0.732. The zero-order valence-corrected chi connectivity index (χ0v) is 12.5. The van der Waals surface area contributed by atoms with Gasteiger partial charge >= 0.3 is 0 Å². The minimum atomic E-state index is -1.32. The number of benzene rings is 3. The topological polar surface area (TPSA) is 54.4 Å². The molecule has 1 N–H and O–H groups in total. The molecular weight excluding hydrogens is 288 g/mol. The van der Waals surface area contributed by atoms with Crippen molar-refractivity contribution in [2.75, 3.05) is 0 Å². The van der Waals surface area contributed by atoms with Crippen LogP contribution in [-0.4, -0.2) is 22.8 Å². The summed E-state index contributed by atoms with van der Waals surface area (Å²) in [6.07, 6.45) is -1.54. The summed E-state index contributed by atoms with van der Waals surface area (Å²) in [5, 5.41) is 12.1. The maximum Gasteiger partial charge on any atom is 0.191 e. The highest BCUT2D eigenvalue weighted by Gasteiger charge is 2.21. The van der Waals surface area contributed by atoms with Gasteiger partial charge in [-0.2, -0.15) is 0 Å². The fourth-order valence-corrected chi connectivity index (χ4v) is 2.54. The van der Waals surface area contributed by atoms with Gasteiger partial charge in [-0.05, 0) is 16.8 Å². The first-order valence-electron chi connectivity index (χ1n) is 7.44. The van der Waals surface area contributed by atoms with Crippen molar-refractivity contribution in [3.05, 3.63) is 83.9 Å². The summed E-state index contributed by atoms with van der Waals surface area (Å²) in [6, 6.07) is 21.6. The highest BCUT2D eigenvalue weighted by molar-refractivity contribution is 6.05. The van der Waals surface area contributed by atoms with Crippen LogP contribution < -0.4 is 0 Å². The molecule has 0 aliphatic carbocycles. The van der Waals surface area contributed by atoms with E-state index in [4.69, 9.17) is 0 Å². The smallest absolute Gasteiger partial charge is 0.191 e. The summed E-state index contributed by atoms with van der Waals surface area (Å²) in [7, 11) is 0. The summed E-state index contributed by atoms with van der Waals surface area (Å²) >= 11 is 0. The number of Topliss-reactive ketones (excluding diaryl/α,β-unsaturated/α-hetero) is 2. The zero-order chi connectivity index (χ0) is 16.2. The van der Waals surface area contributed by atoms with Crippen LogP contribution in [0.25, 0.3) is 10.8 Å². The summed E-state index contributed by atoms with van der Waals surface area (Å²) in [4.78, 5) is 24.4. The fourth-order valence-electron chi connectivity index (χ4n) is 2.54. The minimum Gasteiger partial charge on any atom is -0.384 e. The van der Waals surface area contributed by atoms with Crippen LogP contribution in [0, 0.1) is 0 Å². The molecule has 0 radical (unpaired) electrons. The third kappa shape index (κ3) is 3.35. The first-order chi connectivity index (χ1) is 11.1. The van der Waals surface area contributed by atoms with Crippen molar-refractivity contribution in [3.8, 4) is 0 Å². The van der Waals surface area contributed by atoms with E-state index in [-0.39, 0.29) is 12.2 Å². The molecule has 0 spiro atoms. The SMILES string of the molecule is O=C(CC(O)C(=O)c1ccccc1)c1ccc2ccccc2c1. The van der Waals surface area contributed by atoms with Crippen LogP contribution in [-0.2, 0) is 0 Å². The molecule has 1 atom stereocenters. The van der Waals surface area contributed by atoms with Crippen molar-refractivity contribution in [2.45, 2.75) is 12.5 Å². The predicted octanol–water partition coefficient (Wildman–Crippen LogP) is 3.66. The second-order valence-electron chi connectivity index (χ2n) is 5.44. The third-order valence-electron chi connectivity index (χ3n) is 3.81. The van der Waals surface area contributed by atoms with Gasteiger partial charge in [0.15, 0.2) is 11.6 Å². The van der Waals surface area contributed by atoms with Gasteiger partial charge in [0.05, 0.1) is 0 Å². The molecule has 3 aromatic carbocycles. The molecule has 114 valence electrons. The van der Waals surface area contributed by atoms with Gasteiger partial charge in [-0.25, -0.2) is 0 Å². The molecule has 3 aromatic rings. The Balaban J connectivity index is 1.76. The van der Waals surface area contributed by atoms with Crippen molar-refractivity contribution >= 4 is 22.3 Å². The largest absolute Gasteiger partial charge is 0.384 e. The van der Waals surface area contributed by atoms with E-state index in [1.54, 1.807) is 42.5 Å². The normalized spacial score (nSPS) is 12.0. The van der Waals surface area contributed by atoms with E-state index in [0.717, 1.165) is 10.8 Å². The molecule has 0 saturated carbocycles. The van der Waals surface area contributed by atoms with E-state index in [9.17, 15) is 14.7 Å². The molecule has 0 aliphatic heterocycles. The van der Waals surface area contributed by atoms with Gasteiger partial charge in [0.25, 0.3) is 0 Å². The lowest BCUT2D eigenvalue weighted by Crippen LogP contribution is -2.24. The number of carbonyl (C=O) groups is 2. The van der Waals surface area contributed by atoms with Gasteiger partial charge in [-0.3, -0.25) is 9.59 Å². The number of rotatable bonds is 5. The Morgan fingerprint density at radius 3 is 2.17 bits per heavy atom. The van der Waals surface area contributed by atoms with Crippen LogP contribution in [0.15, 0.2) is 72.8 Å². The first kappa shape index (κ1) is 15.1. The van der Waals surface area contributed by atoms with E-state index in [2.05, 4.69) is 0 Å². The average Bonchev–Trinajstić information content (AvgIpc) is 2.61. The van der Waals surface area contributed by atoms with Crippen LogP contribution in [0.4, 0.5) is 0 Å². The van der Waals surface area contributed by atoms with E-state index in [1.807, 2.05) is 30.3 Å². The predicted molar refractivity (Wildman–Crippen MR) is 89.7 cm³/mol. The van der Waals surface area contributed by atoms with Gasteiger partial charge in [-0.15, -0.1) is 0 Å². The number of ketones is 2. The molecule has 3 heteroatoms. The summed E-state index contributed by atoms with van der Waals surface area (Å²) in [6.45, 7) is 0. The van der Waals surface area contributed by atoms with Gasteiger partial charge in [0.1, 0.15) is 6.10 Å². The Labute approximate surface area is 134 Å². The van der Waals surface area contributed by atoms with Crippen LogP contribution in [0.3, 0.4) is 0 Å². The van der Waals surface area contributed by atoms with Crippen LogP contribution in [0.5, 0.6) is 0 Å². The summed E-state index contributed by atoms with van der Waals surface area (Å²) in [5.41, 5.74) is 0.912.